The third-order valence-electron chi connectivity index (χ3n) is 4.42. The van der Waals surface area contributed by atoms with Crippen LogP contribution in [0.5, 0.6) is 0 Å². The zero-order chi connectivity index (χ0) is 16.8. The maximum Gasteiger partial charge on any atom is 0.161 e. The van der Waals surface area contributed by atoms with Crippen LogP contribution in [0.2, 0.25) is 0 Å². The van der Waals surface area contributed by atoms with Gasteiger partial charge in [-0.3, -0.25) is 0 Å². The minimum atomic E-state index is -0.243. The Hall–Kier alpha value is -2.01. The van der Waals surface area contributed by atoms with Crippen LogP contribution < -0.4 is 10.6 Å². The van der Waals surface area contributed by atoms with Crippen molar-refractivity contribution in [2.24, 2.45) is 5.92 Å². The van der Waals surface area contributed by atoms with Gasteiger partial charge in [-0.25, -0.2) is 14.4 Å². The summed E-state index contributed by atoms with van der Waals surface area (Å²) >= 11 is 0. The number of hydrogen-bond donors (Lipinski definition) is 2. The predicted octanol–water partition coefficient (Wildman–Crippen LogP) is 3.65. The second-order valence-electron chi connectivity index (χ2n) is 6.40. The Labute approximate surface area is 142 Å². The van der Waals surface area contributed by atoms with Crippen molar-refractivity contribution in [1.82, 2.24) is 15.3 Å². The van der Waals surface area contributed by atoms with E-state index in [2.05, 4.69) is 27.5 Å². The van der Waals surface area contributed by atoms with Gasteiger partial charge < -0.3 is 10.6 Å². The standard InChI is InChI=1S/C19H25FN4/c1-2-3-17-12-18(22-13-14-8-10-21-11-9-14)24-19(23-17)15-4-6-16(20)7-5-15/h4-7,12,14,21H,2-3,8-11,13H2,1H3,(H,22,23,24). The molecule has 0 bridgehead atoms. The Morgan fingerprint density at radius 1 is 1.17 bits per heavy atom. The summed E-state index contributed by atoms with van der Waals surface area (Å²) in [5.41, 5.74) is 1.87. The van der Waals surface area contributed by atoms with Crippen LogP contribution in [0.3, 0.4) is 0 Å². The van der Waals surface area contributed by atoms with Gasteiger partial charge in [0.05, 0.1) is 0 Å². The normalized spacial score (nSPS) is 15.4. The van der Waals surface area contributed by atoms with Crippen LogP contribution in [0.4, 0.5) is 10.2 Å². The SMILES string of the molecule is CCCc1cc(NCC2CCNCC2)nc(-c2ccc(F)cc2)n1. The number of nitrogens with one attached hydrogen (secondary N) is 2. The zero-order valence-electron chi connectivity index (χ0n) is 14.2. The number of aromatic nitrogens is 2. The van der Waals surface area contributed by atoms with Gasteiger partial charge in [-0.1, -0.05) is 13.3 Å². The van der Waals surface area contributed by atoms with E-state index in [1.54, 1.807) is 12.1 Å². The first-order valence-electron chi connectivity index (χ1n) is 8.83. The number of nitrogens with zero attached hydrogens (tertiary/aromatic N) is 2. The van der Waals surface area contributed by atoms with Gasteiger partial charge in [0.1, 0.15) is 11.6 Å². The van der Waals surface area contributed by atoms with Gasteiger partial charge >= 0.3 is 0 Å². The van der Waals surface area contributed by atoms with Crippen LogP contribution in [-0.2, 0) is 6.42 Å². The van der Waals surface area contributed by atoms with E-state index in [0.717, 1.165) is 49.6 Å². The van der Waals surface area contributed by atoms with E-state index < -0.39 is 0 Å². The Morgan fingerprint density at radius 3 is 2.62 bits per heavy atom. The molecule has 1 saturated heterocycles. The number of piperidine rings is 1. The number of halogens is 1. The molecule has 0 unspecified atom stereocenters. The molecule has 4 nitrogen and oxygen atoms in total. The van der Waals surface area contributed by atoms with Crippen LogP contribution in [0.15, 0.2) is 30.3 Å². The molecule has 0 spiro atoms. The van der Waals surface area contributed by atoms with Crippen molar-refractivity contribution in [3.63, 3.8) is 0 Å². The molecule has 0 amide bonds. The summed E-state index contributed by atoms with van der Waals surface area (Å²) in [5, 5.41) is 6.87. The highest BCUT2D eigenvalue weighted by Crippen LogP contribution is 2.20. The van der Waals surface area contributed by atoms with Crippen molar-refractivity contribution in [3.05, 3.63) is 41.8 Å². The minimum absolute atomic E-state index is 0.243. The summed E-state index contributed by atoms with van der Waals surface area (Å²) in [7, 11) is 0. The first-order valence-corrected chi connectivity index (χ1v) is 8.83. The molecule has 0 saturated carbocycles. The average molecular weight is 328 g/mol. The number of rotatable bonds is 6. The van der Waals surface area contributed by atoms with E-state index in [4.69, 9.17) is 0 Å². The van der Waals surface area contributed by atoms with Crippen LogP contribution in [-0.4, -0.2) is 29.6 Å². The van der Waals surface area contributed by atoms with E-state index >= 15 is 0 Å². The van der Waals surface area contributed by atoms with Crippen LogP contribution >= 0.6 is 0 Å². The van der Waals surface area contributed by atoms with E-state index in [9.17, 15) is 4.39 Å². The molecule has 1 aliphatic heterocycles. The lowest BCUT2D eigenvalue weighted by atomic mass is 9.98. The molecule has 24 heavy (non-hydrogen) atoms. The molecule has 1 aromatic heterocycles. The van der Waals surface area contributed by atoms with E-state index in [-0.39, 0.29) is 5.82 Å². The molecule has 3 rings (SSSR count). The average Bonchev–Trinajstić information content (AvgIpc) is 2.62. The lowest BCUT2D eigenvalue weighted by Crippen LogP contribution is -2.31. The fourth-order valence-electron chi connectivity index (χ4n) is 3.04. The Balaban J connectivity index is 1.78. The van der Waals surface area contributed by atoms with Crippen LogP contribution in [0, 0.1) is 11.7 Å². The minimum Gasteiger partial charge on any atom is -0.370 e. The molecule has 0 radical (unpaired) electrons. The lowest BCUT2D eigenvalue weighted by molar-refractivity contribution is 0.389. The van der Waals surface area contributed by atoms with Crippen molar-refractivity contribution >= 4 is 5.82 Å². The van der Waals surface area contributed by atoms with Gasteiger partial charge in [-0.2, -0.15) is 0 Å². The van der Waals surface area contributed by atoms with Gasteiger partial charge in [0.15, 0.2) is 5.82 Å². The van der Waals surface area contributed by atoms with Crippen LogP contribution in [0.1, 0.15) is 31.9 Å². The highest BCUT2D eigenvalue weighted by molar-refractivity contribution is 5.57. The predicted molar refractivity (Wildman–Crippen MR) is 95.5 cm³/mol. The van der Waals surface area contributed by atoms with Gasteiger partial charge in [0, 0.05) is 23.9 Å². The first-order chi connectivity index (χ1) is 11.7. The summed E-state index contributed by atoms with van der Waals surface area (Å²) in [6.45, 7) is 5.27. The van der Waals surface area contributed by atoms with Crippen molar-refractivity contribution < 1.29 is 4.39 Å². The molecule has 0 aliphatic carbocycles. The quantitative estimate of drug-likeness (QED) is 0.850. The smallest absolute Gasteiger partial charge is 0.161 e. The highest BCUT2D eigenvalue weighted by Gasteiger charge is 2.13. The zero-order valence-corrected chi connectivity index (χ0v) is 14.2. The molecule has 2 N–H and O–H groups in total. The second kappa shape index (κ2) is 8.20. The molecule has 0 atom stereocenters. The molecule has 1 aliphatic rings. The molecule has 128 valence electrons. The fourth-order valence-corrected chi connectivity index (χ4v) is 3.04. The molecule has 2 aromatic rings. The Morgan fingerprint density at radius 2 is 1.92 bits per heavy atom. The maximum atomic E-state index is 13.2. The monoisotopic (exact) mass is 328 g/mol. The molecular weight excluding hydrogens is 303 g/mol. The van der Waals surface area contributed by atoms with E-state index in [0.29, 0.717) is 11.7 Å². The number of benzene rings is 1. The van der Waals surface area contributed by atoms with Crippen molar-refractivity contribution in [3.8, 4) is 11.4 Å². The van der Waals surface area contributed by atoms with Gasteiger partial charge in [0.2, 0.25) is 0 Å². The van der Waals surface area contributed by atoms with Gasteiger partial charge in [0.25, 0.3) is 0 Å². The highest BCUT2D eigenvalue weighted by atomic mass is 19.1. The van der Waals surface area contributed by atoms with Crippen molar-refractivity contribution in [2.75, 3.05) is 25.0 Å². The van der Waals surface area contributed by atoms with E-state index in [1.807, 2.05) is 6.07 Å². The molecule has 5 heteroatoms. The van der Waals surface area contributed by atoms with E-state index in [1.165, 1.54) is 25.0 Å². The second-order valence-corrected chi connectivity index (χ2v) is 6.40. The fraction of sp³-hybridized carbons (Fsp3) is 0.474. The lowest BCUT2D eigenvalue weighted by Gasteiger charge is -2.23. The van der Waals surface area contributed by atoms with Gasteiger partial charge in [-0.05, 0) is 62.5 Å². The van der Waals surface area contributed by atoms with Crippen molar-refractivity contribution in [2.45, 2.75) is 32.6 Å². The largest absolute Gasteiger partial charge is 0.370 e. The first kappa shape index (κ1) is 16.8. The molecule has 1 aromatic carbocycles. The maximum absolute atomic E-state index is 13.2. The number of aryl methyl sites for hydroxylation is 1. The third-order valence-corrected chi connectivity index (χ3v) is 4.42. The topological polar surface area (TPSA) is 49.8 Å². The summed E-state index contributed by atoms with van der Waals surface area (Å²) < 4.78 is 13.2. The molecule has 1 fully saturated rings. The number of hydrogen-bond acceptors (Lipinski definition) is 4. The molecular formula is C19H25FN4. The third kappa shape index (κ3) is 4.51. The van der Waals surface area contributed by atoms with Gasteiger partial charge in [-0.15, -0.1) is 0 Å². The van der Waals surface area contributed by atoms with Crippen LogP contribution in [0.25, 0.3) is 11.4 Å². The number of anilines is 1. The Bertz CT molecular complexity index is 651. The summed E-state index contributed by atoms with van der Waals surface area (Å²) in [4.78, 5) is 9.27. The summed E-state index contributed by atoms with van der Waals surface area (Å²) in [6.07, 6.45) is 4.35. The summed E-state index contributed by atoms with van der Waals surface area (Å²) in [5.74, 6) is 1.97. The Kier molecular flexibility index (Phi) is 5.75. The molecule has 2 heterocycles. The van der Waals surface area contributed by atoms with Crippen molar-refractivity contribution in [1.29, 1.82) is 0 Å². The summed E-state index contributed by atoms with van der Waals surface area (Å²) in [6, 6.07) is 8.41.